The second-order valence-electron chi connectivity index (χ2n) is 9.74. The molecule has 0 bridgehead atoms. The van der Waals surface area contributed by atoms with E-state index in [1.807, 2.05) is 0 Å². The van der Waals surface area contributed by atoms with E-state index in [4.69, 9.17) is 9.47 Å². The molecule has 0 aliphatic carbocycles. The van der Waals surface area contributed by atoms with Crippen LogP contribution in [0.1, 0.15) is 136 Å². The van der Waals surface area contributed by atoms with E-state index in [1.54, 1.807) is 6.92 Å². The van der Waals surface area contributed by atoms with E-state index >= 15 is 0 Å². The van der Waals surface area contributed by atoms with Crippen LogP contribution in [0, 0.1) is 5.41 Å². The first-order valence-electron chi connectivity index (χ1n) is 13.4. The molecule has 0 fully saturated rings. The van der Waals surface area contributed by atoms with Crippen LogP contribution in [-0.4, -0.2) is 36.9 Å². The van der Waals surface area contributed by atoms with Gasteiger partial charge in [-0.2, -0.15) is 0 Å². The fourth-order valence-electron chi connectivity index (χ4n) is 3.59. The zero-order valence-corrected chi connectivity index (χ0v) is 21.4. The predicted octanol–water partition coefficient (Wildman–Crippen LogP) is 7.13. The Morgan fingerprint density at radius 2 is 0.906 bits per heavy atom. The number of hydrogen-bond acceptors (Lipinski definition) is 5. The van der Waals surface area contributed by atoms with Crippen LogP contribution in [0.5, 0.6) is 0 Å². The number of esters is 2. The van der Waals surface area contributed by atoms with E-state index in [0.717, 1.165) is 25.7 Å². The lowest BCUT2D eigenvalue weighted by Crippen LogP contribution is -2.35. The molecule has 5 nitrogen and oxygen atoms in total. The molecule has 0 aromatic rings. The van der Waals surface area contributed by atoms with Crippen LogP contribution in [-0.2, 0) is 19.1 Å². The van der Waals surface area contributed by atoms with Gasteiger partial charge in [-0.15, -0.1) is 0 Å². The molecule has 0 heterocycles. The van der Waals surface area contributed by atoms with Crippen molar-refractivity contribution >= 4 is 11.9 Å². The molecule has 0 spiro atoms. The third kappa shape index (κ3) is 19.6. The van der Waals surface area contributed by atoms with Crippen LogP contribution in [0.4, 0.5) is 0 Å². The van der Waals surface area contributed by atoms with Gasteiger partial charge in [0.05, 0.1) is 12.0 Å². The minimum Gasteiger partial charge on any atom is -0.465 e. The molecule has 0 saturated carbocycles. The Morgan fingerprint density at radius 3 is 1.22 bits per heavy atom. The van der Waals surface area contributed by atoms with Gasteiger partial charge in [0.1, 0.15) is 13.2 Å². The highest BCUT2D eigenvalue weighted by atomic mass is 16.5. The lowest BCUT2D eigenvalue weighted by atomic mass is 9.94. The van der Waals surface area contributed by atoms with Crippen molar-refractivity contribution in [3.8, 4) is 0 Å². The first-order chi connectivity index (χ1) is 15.5. The van der Waals surface area contributed by atoms with Crippen LogP contribution in [0.2, 0.25) is 0 Å². The van der Waals surface area contributed by atoms with Crippen molar-refractivity contribution < 1.29 is 24.2 Å². The van der Waals surface area contributed by atoms with E-state index in [9.17, 15) is 14.7 Å². The summed E-state index contributed by atoms with van der Waals surface area (Å²) in [5.74, 6) is -0.471. The summed E-state index contributed by atoms with van der Waals surface area (Å²) in [5.41, 5.74) is -0.746. The molecule has 0 aliphatic rings. The molecular weight excluding hydrogens is 404 g/mol. The van der Waals surface area contributed by atoms with Gasteiger partial charge in [0.2, 0.25) is 0 Å². The van der Waals surface area contributed by atoms with E-state index in [0.29, 0.717) is 12.8 Å². The lowest BCUT2D eigenvalue weighted by molar-refractivity contribution is -0.155. The Morgan fingerprint density at radius 1 is 0.594 bits per heavy atom. The van der Waals surface area contributed by atoms with Crippen LogP contribution < -0.4 is 0 Å². The number of hydrogen-bond donors (Lipinski definition) is 1. The fraction of sp³-hybridized carbons (Fsp3) is 0.926. The molecule has 0 aromatic heterocycles. The molecule has 5 heteroatoms. The maximum Gasteiger partial charge on any atom is 0.305 e. The van der Waals surface area contributed by atoms with Gasteiger partial charge in [-0.05, 0) is 12.8 Å². The van der Waals surface area contributed by atoms with Crippen molar-refractivity contribution in [2.45, 2.75) is 136 Å². The van der Waals surface area contributed by atoms with E-state index < -0.39 is 5.41 Å². The molecule has 0 saturated heterocycles. The van der Waals surface area contributed by atoms with Crippen molar-refractivity contribution in [3.05, 3.63) is 0 Å². The van der Waals surface area contributed by atoms with Gasteiger partial charge in [-0.25, -0.2) is 0 Å². The third-order valence-electron chi connectivity index (χ3n) is 6.01. The predicted molar refractivity (Wildman–Crippen MR) is 132 cm³/mol. The number of aliphatic hydroxyl groups is 1. The van der Waals surface area contributed by atoms with Crippen molar-refractivity contribution in [1.82, 2.24) is 0 Å². The molecule has 0 atom stereocenters. The molecule has 0 aliphatic heterocycles. The molecule has 0 rings (SSSR count). The quantitative estimate of drug-likeness (QED) is 0.131. The highest BCUT2D eigenvalue weighted by Gasteiger charge is 2.27. The number of aliphatic hydroxyl groups excluding tert-OH is 1. The molecule has 0 amide bonds. The molecule has 190 valence electrons. The first kappa shape index (κ1) is 30.9. The lowest BCUT2D eigenvalue weighted by Gasteiger charge is -2.26. The second-order valence-corrected chi connectivity index (χ2v) is 9.74. The smallest absolute Gasteiger partial charge is 0.305 e. The van der Waals surface area contributed by atoms with E-state index in [-0.39, 0.29) is 31.8 Å². The monoisotopic (exact) mass is 456 g/mol. The highest BCUT2D eigenvalue weighted by Crippen LogP contribution is 2.18. The third-order valence-corrected chi connectivity index (χ3v) is 6.01. The summed E-state index contributed by atoms with van der Waals surface area (Å²) in [6.07, 6.45) is 19.7. The fourth-order valence-corrected chi connectivity index (χ4v) is 3.59. The summed E-state index contributed by atoms with van der Waals surface area (Å²) in [4.78, 5) is 24.0. The normalized spacial score (nSPS) is 11.5. The van der Waals surface area contributed by atoms with Gasteiger partial charge in [0.15, 0.2) is 0 Å². The minimum absolute atomic E-state index is 0.0738. The Labute approximate surface area is 198 Å². The van der Waals surface area contributed by atoms with Crippen molar-refractivity contribution in [2.75, 3.05) is 19.8 Å². The number of carbonyl (C=O) groups is 2. The SMILES string of the molecule is CCCCCCCCCCC(=O)OCC(C)(CO)COC(=O)CCCCCCCCCC. The Hall–Kier alpha value is -1.10. The van der Waals surface area contributed by atoms with Crippen molar-refractivity contribution in [2.24, 2.45) is 5.41 Å². The summed E-state index contributed by atoms with van der Waals surface area (Å²) >= 11 is 0. The van der Waals surface area contributed by atoms with Gasteiger partial charge in [0.25, 0.3) is 0 Å². The Balaban J connectivity index is 3.80. The van der Waals surface area contributed by atoms with Gasteiger partial charge < -0.3 is 14.6 Å². The summed E-state index contributed by atoms with van der Waals surface area (Å²) in [6, 6.07) is 0. The topological polar surface area (TPSA) is 72.8 Å². The summed E-state index contributed by atoms with van der Waals surface area (Å²) < 4.78 is 10.7. The van der Waals surface area contributed by atoms with Crippen molar-refractivity contribution in [3.63, 3.8) is 0 Å². The molecule has 0 radical (unpaired) electrons. The minimum atomic E-state index is -0.746. The summed E-state index contributed by atoms with van der Waals surface area (Å²) in [6.45, 7) is 6.17. The molecule has 32 heavy (non-hydrogen) atoms. The highest BCUT2D eigenvalue weighted by molar-refractivity contribution is 5.69. The van der Waals surface area contributed by atoms with E-state index in [2.05, 4.69) is 13.8 Å². The molecule has 0 aromatic carbocycles. The second kappa shape index (κ2) is 21.7. The first-order valence-corrected chi connectivity index (χ1v) is 13.4. The summed E-state index contributed by atoms with van der Waals surface area (Å²) in [5, 5.41) is 9.70. The average molecular weight is 457 g/mol. The van der Waals surface area contributed by atoms with Gasteiger partial charge in [-0.1, -0.05) is 111 Å². The van der Waals surface area contributed by atoms with Gasteiger partial charge in [0, 0.05) is 12.8 Å². The van der Waals surface area contributed by atoms with Gasteiger partial charge >= 0.3 is 11.9 Å². The van der Waals surface area contributed by atoms with E-state index in [1.165, 1.54) is 77.0 Å². The zero-order valence-electron chi connectivity index (χ0n) is 21.4. The number of ether oxygens (including phenoxy) is 2. The zero-order chi connectivity index (χ0) is 23.9. The number of rotatable bonds is 23. The largest absolute Gasteiger partial charge is 0.465 e. The molecule has 1 N–H and O–H groups in total. The van der Waals surface area contributed by atoms with Crippen LogP contribution in [0.25, 0.3) is 0 Å². The molecule has 0 unspecified atom stereocenters. The van der Waals surface area contributed by atoms with Crippen LogP contribution in [0.3, 0.4) is 0 Å². The number of unbranched alkanes of at least 4 members (excludes halogenated alkanes) is 14. The summed E-state index contributed by atoms with van der Waals surface area (Å²) in [7, 11) is 0. The molecular formula is C27H52O5. The van der Waals surface area contributed by atoms with Crippen molar-refractivity contribution in [1.29, 1.82) is 0 Å². The van der Waals surface area contributed by atoms with Gasteiger partial charge in [-0.3, -0.25) is 9.59 Å². The maximum absolute atomic E-state index is 12.0. The number of carbonyl (C=O) groups excluding carboxylic acids is 2. The standard InChI is InChI=1S/C27H52O5/c1-4-6-8-10-12-14-16-18-20-25(29)31-23-27(3,22-28)24-32-26(30)21-19-17-15-13-11-9-7-5-2/h28H,4-24H2,1-3H3. The van der Waals surface area contributed by atoms with Crippen LogP contribution in [0.15, 0.2) is 0 Å². The average Bonchev–Trinajstić information content (AvgIpc) is 2.80. The maximum atomic E-state index is 12.0. The Bertz CT molecular complexity index is 413. The van der Waals surface area contributed by atoms with Crippen LogP contribution >= 0.6 is 0 Å². The Kier molecular flexibility index (Phi) is 21.0.